The molecule has 0 amide bonds. The maximum Gasteiger partial charge on any atom is 0.0467 e. The number of fused-ring (bicyclic) bond motifs is 6. The summed E-state index contributed by atoms with van der Waals surface area (Å²) in [6, 6.07) is 91.5. The average Bonchev–Trinajstić information content (AvgIpc) is 3.61. The van der Waals surface area contributed by atoms with E-state index in [-0.39, 0.29) is 5.41 Å². The first kappa shape index (κ1) is 39.3. The maximum atomic E-state index is 2.43. The van der Waals surface area contributed by atoms with Gasteiger partial charge >= 0.3 is 0 Å². The first-order valence-corrected chi connectivity index (χ1v) is 23.0. The smallest absolute Gasteiger partial charge is 0.0467 e. The summed E-state index contributed by atoms with van der Waals surface area (Å²) < 4.78 is 0. The zero-order valence-corrected chi connectivity index (χ0v) is 37.1. The molecule has 0 saturated carbocycles. The summed E-state index contributed by atoms with van der Waals surface area (Å²) in [5.41, 5.74) is 20.6. The van der Waals surface area contributed by atoms with Gasteiger partial charge in [0, 0.05) is 22.5 Å². The molecule has 0 heterocycles. The van der Waals surface area contributed by atoms with Crippen LogP contribution in [0, 0.1) is 0 Å². The Bertz CT molecular complexity index is 3620. The lowest BCUT2D eigenvalue weighted by Gasteiger charge is -2.27. The molecule has 0 N–H and O–H groups in total. The number of hydrogen-bond donors (Lipinski definition) is 0. The molecule has 1 aliphatic carbocycles. The van der Waals surface area contributed by atoms with Crippen molar-refractivity contribution >= 4 is 38.6 Å². The van der Waals surface area contributed by atoms with Gasteiger partial charge in [0.05, 0.1) is 0 Å². The van der Waals surface area contributed by atoms with Crippen molar-refractivity contribution in [2.45, 2.75) is 19.3 Å². The molecule has 11 aromatic rings. The summed E-state index contributed by atoms with van der Waals surface area (Å²) in [5.74, 6) is 0. The van der Waals surface area contributed by atoms with Crippen molar-refractivity contribution in [3.63, 3.8) is 0 Å². The van der Waals surface area contributed by atoms with Crippen molar-refractivity contribution < 1.29 is 0 Å². The van der Waals surface area contributed by atoms with Gasteiger partial charge in [0.2, 0.25) is 0 Å². The first-order valence-electron chi connectivity index (χ1n) is 23.0. The van der Waals surface area contributed by atoms with Gasteiger partial charge in [-0.05, 0) is 148 Å². The third-order valence-corrected chi connectivity index (χ3v) is 13.9. The number of rotatable bonds is 8. The van der Waals surface area contributed by atoms with E-state index in [0.29, 0.717) is 0 Å². The Kier molecular flexibility index (Phi) is 9.58. The highest BCUT2D eigenvalue weighted by Crippen LogP contribution is 2.50. The Labute approximate surface area is 387 Å². The van der Waals surface area contributed by atoms with Crippen LogP contribution in [-0.2, 0) is 5.41 Å². The van der Waals surface area contributed by atoms with E-state index in [1.54, 1.807) is 0 Å². The molecule has 0 aromatic heterocycles. The Morgan fingerprint density at radius 1 is 0.258 bits per heavy atom. The van der Waals surface area contributed by atoms with E-state index in [2.05, 4.69) is 267 Å². The van der Waals surface area contributed by atoms with Crippen molar-refractivity contribution in [3.05, 3.63) is 260 Å². The molecule has 0 radical (unpaired) electrons. The summed E-state index contributed by atoms with van der Waals surface area (Å²) >= 11 is 0. The van der Waals surface area contributed by atoms with E-state index in [1.165, 1.54) is 93.9 Å². The molecule has 0 saturated heterocycles. The fourth-order valence-electron chi connectivity index (χ4n) is 10.5. The van der Waals surface area contributed by atoms with E-state index in [1.807, 2.05) is 0 Å². The highest BCUT2D eigenvalue weighted by Gasteiger charge is 2.35. The quantitative estimate of drug-likeness (QED) is 0.138. The SMILES string of the molecule is CC1(C)c2ccccc2-c2ccc(-c3cccc(N(c4cccc(-c5ccc(-c6ccccc6)c(-c6ccccc6)c5)c4)c4cccc(-c5cccc6c5ccc5ccccc56)c4)c3)cc21. The van der Waals surface area contributed by atoms with Crippen LogP contribution in [0.25, 0.3) is 88.3 Å². The van der Waals surface area contributed by atoms with Crippen molar-refractivity contribution in [3.8, 4) is 66.8 Å². The molecule has 1 aliphatic rings. The van der Waals surface area contributed by atoms with E-state index >= 15 is 0 Å². The third-order valence-electron chi connectivity index (χ3n) is 13.9. The number of anilines is 3. The minimum Gasteiger partial charge on any atom is -0.310 e. The van der Waals surface area contributed by atoms with Crippen LogP contribution in [0.3, 0.4) is 0 Å². The first-order chi connectivity index (χ1) is 32.5. The van der Waals surface area contributed by atoms with Crippen LogP contribution in [-0.4, -0.2) is 0 Å². The minimum atomic E-state index is -0.0833. The molecule has 0 unspecified atom stereocenters. The second-order valence-corrected chi connectivity index (χ2v) is 18.1. The summed E-state index contributed by atoms with van der Waals surface area (Å²) in [5, 5.41) is 5.04. The van der Waals surface area contributed by atoms with Crippen LogP contribution in [0.1, 0.15) is 25.0 Å². The van der Waals surface area contributed by atoms with Crippen LogP contribution in [0.15, 0.2) is 249 Å². The lowest BCUT2D eigenvalue weighted by atomic mass is 9.81. The average molecular weight is 842 g/mol. The number of benzene rings is 11. The molecule has 312 valence electrons. The van der Waals surface area contributed by atoms with Gasteiger partial charge in [-0.25, -0.2) is 0 Å². The molecule has 1 heteroatoms. The molecule has 12 rings (SSSR count). The van der Waals surface area contributed by atoms with E-state index < -0.39 is 0 Å². The molecule has 0 atom stereocenters. The normalized spacial score (nSPS) is 12.5. The van der Waals surface area contributed by atoms with Crippen molar-refractivity contribution in [2.75, 3.05) is 4.90 Å². The van der Waals surface area contributed by atoms with Crippen LogP contribution in [0.5, 0.6) is 0 Å². The second kappa shape index (κ2) is 16.1. The van der Waals surface area contributed by atoms with E-state index in [0.717, 1.165) is 22.6 Å². The zero-order valence-electron chi connectivity index (χ0n) is 37.1. The standard InChI is InChI=1S/C65H47N/c1-65(2)63-32-12-11-29-60(63)61-38-35-50(43-64(61)65)48-23-14-26-53(40-48)66(54-27-15-24-51(41-54)56-30-16-31-58-55-28-10-9-21-46(55)33-37-59(56)58)52-25-13-22-47(39-52)49-34-36-57(44-17-5-3-6-18-44)62(42-49)45-19-7-4-8-20-45/h3-43H,1-2H3. The molecule has 11 aromatic carbocycles. The van der Waals surface area contributed by atoms with Gasteiger partial charge in [0.15, 0.2) is 0 Å². The lowest BCUT2D eigenvalue weighted by Crippen LogP contribution is -2.14. The topological polar surface area (TPSA) is 3.24 Å². The Morgan fingerprint density at radius 3 is 1.45 bits per heavy atom. The summed E-state index contributed by atoms with van der Waals surface area (Å²) in [6.07, 6.45) is 0. The fourth-order valence-corrected chi connectivity index (χ4v) is 10.5. The molecule has 66 heavy (non-hydrogen) atoms. The van der Waals surface area contributed by atoms with Crippen molar-refractivity contribution in [1.82, 2.24) is 0 Å². The van der Waals surface area contributed by atoms with Gasteiger partial charge in [-0.1, -0.05) is 214 Å². The molecule has 1 nitrogen and oxygen atoms in total. The highest BCUT2D eigenvalue weighted by atomic mass is 15.1. The van der Waals surface area contributed by atoms with Crippen LogP contribution >= 0.6 is 0 Å². The fraction of sp³-hybridized carbons (Fsp3) is 0.0462. The predicted molar refractivity (Wildman–Crippen MR) is 281 cm³/mol. The van der Waals surface area contributed by atoms with Gasteiger partial charge in [0.25, 0.3) is 0 Å². The van der Waals surface area contributed by atoms with Crippen LogP contribution in [0.2, 0.25) is 0 Å². The Hall–Kier alpha value is -8.26. The minimum absolute atomic E-state index is 0.0833. The lowest BCUT2D eigenvalue weighted by molar-refractivity contribution is 0.660. The van der Waals surface area contributed by atoms with Crippen LogP contribution in [0.4, 0.5) is 17.1 Å². The monoisotopic (exact) mass is 841 g/mol. The van der Waals surface area contributed by atoms with Gasteiger partial charge in [-0.3, -0.25) is 0 Å². The molecular weight excluding hydrogens is 795 g/mol. The highest BCUT2D eigenvalue weighted by molar-refractivity contribution is 6.12. The third kappa shape index (κ3) is 6.80. The summed E-state index contributed by atoms with van der Waals surface area (Å²) in [4.78, 5) is 2.43. The van der Waals surface area contributed by atoms with E-state index in [9.17, 15) is 0 Å². The number of hydrogen-bond acceptors (Lipinski definition) is 1. The number of nitrogens with zero attached hydrogens (tertiary/aromatic N) is 1. The summed E-state index contributed by atoms with van der Waals surface area (Å²) in [7, 11) is 0. The van der Waals surface area contributed by atoms with Crippen LogP contribution < -0.4 is 4.90 Å². The van der Waals surface area contributed by atoms with Crippen molar-refractivity contribution in [1.29, 1.82) is 0 Å². The summed E-state index contributed by atoms with van der Waals surface area (Å²) in [6.45, 7) is 4.71. The zero-order chi connectivity index (χ0) is 44.2. The van der Waals surface area contributed by atoms with Crippen molar-refractivity contribution in [2.24, 2.45) is 0 Å². The largest absolute Gasteiger partial charge is 0.310 e. The second-order valence-electron chi connectivity index (χ2n) is 18.1. The predicted octanol–water partition coefficient (Wildman–Crippen LogP) is 18.1. The molecule has 0 bridgehead atoms. The van der Waals surface area contributed by atoms with Gasteiger partial charge in [-0.15, -0.1) is 0 Å². The molecular formula is C65H47N. The van der Waals surface area contributed by atoms with Gasteiger partial charge in [-0.2, -0.15) is 0 Å². The molecule has 0 fully saturated rings. The Morgan fingerprint density at radius 2 is 0.742 bits per heavy atom. The van der Waals surface area contributed by atoms with Gasteiger partial charge in [0.1, 0.15) is 0 Å². The Balaban J connectivity index is 1.01. The van der Waals surface area contributed by atoms with E-state index in [4.69, 9.17) is 0 Å². The molecule has 0 aliphatic heterocycles. The van der Waals surface area contributed by atoms with Gasteiger partial charge < -0.3 is 4.90 Å². The maximum absolute atomic E-state index is 2.43. The molecule has 0 spiro atoms.